The van der Waals surface area contributed by atoms with Gasteiger partial charge in [-0.3, -0.25) is 0 Å². The van der Waals surface area contributed by atoms with Gasteiger partial charge in [0.2, 0.25) is 0 Å². The lowest BCUT2D eigenvalue weighted by atomic mass is 10.1. The predicted octanol–water partition coefficient (Wildman–Crippen LogP) is 2.69. The van der Waals surface area contributed by atoms with Crippen LogP contribution in [0.15, 0.2) is 36.7 Å². The Labute approximate surface area is 106 Å². The van der Waals surface area contributed by atoms with Crippen LogP contribution < -0.4 is 5.73 Å². The minimum atomic E-state index is 0.666. The van der Waals surface area contributed by atoms with E-state index in [9.17, 15) is 0 Å². The lowest BCUT2D eigenvalue weighted by Crippen LogP contribution is -2.03. The molecule has 0 atom stereocenters. The molecule has 2 aromatic rings. The van der Waals surface area contributed by atoms with Crippen molar-refractivity contribution in [1.82, 2.24) is 9.97 Å². The van der Waals surface area contributed by atoms with Gasteiger partial charge in [-0.05, 0) is 30.7 Å². The smallest absolute Gasteiger partial charge is 0.128 e. The second-order valence-electron chi connectivity index (χ2n) is 3.79. The number of hydrogen-bond donors (Lipinski definition) is 1. The van der Waals surface area contributed by atoms with Crippen molar-refractivity contribution in [3.8, 4) is 11.1 Å². The Hall–Kier alpha value is -1.45. The maximum absolute atomic E-state index is 5.94. The van der Waals surface area contributed by atoms with Crippen LogP contribution in [0.3, 0.4) is 0 Å². The molecule has 2 N–H and O–H groups in total. The molecule has 1 aromatic heterocycles. The second kappa shape index (κ2) is 5.75. The third kappa shape index (κ3) is 3.25. The van der Waals surface area contributed by atoms with Gasteiger partial charge < -0.3 is 5.73 Å². The first kappa shape index (κ1) is 12.0. The van der Waals surface area contributed by atoms with Crippen molar-refractivity contribution in [3.63, 3.8) is 0 Å². The Bertz CT molecular complexity index is 482. The molecule has 0 saturated heterocycles. The molecule has 17 heavy (non-hydrogen) atoms. The van der Waals surface area contributed by atoms with Crippen molar-refractivity contribution in [2.24, 2.45) is 5.73 Å². The van der Waals surface area contributed by atoms with E-state index in [0.717, 1.165) is 34.8 Å². The molecule has 1 aromatic carbocycles. The van der Waals surface area contributed by atoms with E-state index < -0.39 is 0 Å². The van der Waals surface area contributed by atoms with Crippen LogP contribution in [0.5, 0.6) is 0 Å². The first-order valence-electron chi connectivity index (χ1n) is 5.56. The standard InChI is InChI=1S/C13H14ClN3/c14-12-4-1-3-10(7-12)11-8-16-13(17-9-11)5-2-6-15/h1,3-4,7-9H,2,5-6,15H2. The van der Waals surface area contributed by atoms with Crippen LogP contribution in [0.25, 0.3) is 11.1 Å². The number of rotatable bonds is 4. The summed E-state index contributed by atoms with van der Waals surface area (Å²) in [6.45, 7) is 0.666. The van der Waals surface area contributed by atoms with Crippen LogP contribution >= 0.6 is 11.6 Å². The van der Waals surface area contributed by atoms with Gasteiger partial charge in [0.15, 0.2) is 0 Å². The summed E-state index contributed by atoms with van der Waals surface area (Å²) < 4.78 is 0. The number of nitrogens with zero attached hydrogens (tertiary/aromatic N) is 2. The van der Waals surface area contributed by atoms with Crippen LogP contribution in [0.1, 0.15) is 12.2 Å². The number of hydrogen-bond acceptors (Lipinski definition) is 3. The van der Waals surface area contributed by atoms with Crippen molar-refractivity contribution in [3.05, 3.63) is 47.5 Å². The van der Waals surface area contributed by atoms with Gasteiger partial charge in [-0.1, -0.05) is 23.7 Å². The maximum Gasteiger partial charge on any atom is 0.128 e. The van der Waals surface area contributed by atoms with E-state index >= 15 is 0 Å². The third-order valence-corrected chi connectivity index (χ3v) is 2.70. The van der Waals surface area contributed by atoms with E-state index in [2.05, 4.69) is 9.97 Å². The molecule has 0 unspecified atom stereocenters. The lowest BCUT2D eigenvalue weighted by Gasteiger charge is -2.03. The number of nitrogens with two attached hydrogens (primary N) is 1. The summed E-state index contributed by atoms with van der Waals surface area (Å²) in [5.41, 5.74) is 7.45. The number of aromatic nitrogens is 2. The van der Waals surface area contributed by atoms with E-state index in [4.69, 9.17) is 17.3 Å². The zero-order chi connectivity index (χ0) is 12.1. The van der Waals surface area contributed by atoms with Crippen LogP contribution in [0, 0.1) is 0 Å². The Kier molecular flexibility index (Phi) is 4.07. The van der Waals surface area contributed by atoms with Gasteiger partial charge in [0, 0.05) is 29.4 Å². The first-order valence-corrected chi connectivity index (χ1v) is 5.94. The molecular formula is C13H14ClN3. The molecule has 2 rings (SSSR count). The monoisotopic (exact) mass is 247 g/mol. The van der Waals surface area contributed by atoms with Gasteiger partial charge in [-0.25, -0.2) is 9.97 Å². The average molecular weight is 248 g/mol. The summed E-state index contributed by atoms with van der Waals surface area (Å²) in [4.78, 5) is 8.63. The van der Waals surface area contributed by atoms with E-state index in [1.165, 1.54) is 0 Å². The van der Waals surface area contributed by atoms with E-state index in [1.807, 2.05) is 36.7 Å². The van der Waals surface area contributed by atoms with Gasteiger partial charge in [-0.2, -0.15) is 0 Å². The van der Waals surface area contributed by atoms with E-state index in [1.54, 1.807) is 0 Å². The molecule has 88 valence electrons. The van der Waals surface area contributed by atoms with Crippen molar-refractivity contribution >= 4 is 11.6 Å². The highest BCUT2D eigenvalue weighted by Crippen LogP contribution is 2.21. The molecular weight excluding hydrogens is 234 g/mol. The Balaban J connectivity index is 2.17. The van der Waals surface area contributed by atoms with Crippen molar-refractivity contribution in [1.29, 1.82) is 0 Å². The molecule has 0 aliphatic heterocycles. The second-order valence-corrected chi connectivity index (χ2v) is 4.23. The topological polar surface area (TPSA) is 51.8 Å². The maximum atomic E-state index is 5.94. The molecule has 0 saturated carbocycles. The molecule has 0 aliphatic rings. The molecule has 0 bridgehead atoms. The van der Waals surface area contributed by atoms with Crippen LogP contribution in [-0.4, -0.2) is 16.5 Å². The van der Waals surface area contributed by atoms with Gasteiger partial charge >= 0.3 is 0 Å². The zero-order valence-electron chi connectivity index (χ0n) is 9.44. The quantitative estimate of drug-likeness (QED) is 0.904. The van der Waals surface area contributed by atoms with Crippen LogP contribution in [0.2, 0.25) is 5.02 Å². The minimum Gasteiger partial charge on any atom is -0.330 e. The van der Waals surface area contributed by atoms with Gasteiger partial charge in [-0.15, -0.1) is 0 Å². The SMILES string of the molecule is NCCCc1ncc(-c2cccc(Cl)c2)cn1. The first-order chi connectivity index (χ1) is 8.29. The summed E-state index contributed by atoms with van der Waals surface area (Å²) in [5, 5.41) is 0.717. The van der Waals surface area contributed by atoms with Gasteiger partial charge in [0.25, 0.3) is 0 Å². The summed E-state index contributed by atoms with van der Waals surface area (Å²) in [6, 6.07) is 7.66. The summed E-state index contributed by atoms with van der Waals surface area (Å²) in [5.74, 6) is 0.834. The van der Waals surface area contributed by atoms with E-state index in [-0.39, 0.29) is 0 Å². The van der Waals surface area contributed by atoms with Crippen LogP contribution in [0.4, 0.5) is 0 Å². The van der Waals surface area contributed by atoms with E-state index in [0.29, 0.717) is 6.54 Å². The largest absolute Gasteiger partial charge is 0.330 e. The highest BCUT2D eigenvalue weighted by Gasteiger charge is 2.01. The average Bonchev–Trinajstić information content (AvgIpc) is 2.37. The molecule has 0 fully saturated rings. The summed E-state index contributed by atoms with van der Waals surface area (Å²) in [7, 11) is 0. The third-order valence-electron chi connectivity index (χ3n) is 2.47. The van der Waals surface area contributed by atoms with Crippen LogP contribution in [-0.2, 0) is 6.42 Å². The fourth-order valence-corrected chi connectivity index (χ4v) is 1.75. The molecule has 0 spiro atoms. The highest BCUT2D eigenvalue weighted by atomic mass is 35.5. The fourth-order valence-electron chi connectivity index (χ4n) is 1.56. The molecule has 4 heteroatoms. The molecule has 1 heterocycles. The number of benzene rings is 1. The Morgan fingerprint density at radius 2 is 1.88 bits per heavy atom. The Morgan fingerprint density at radius 1 is 1.12 bits per heavy atom. The van der Waals surface area contributed by atoms with Crippen molar-refractivity contribution in [2.45, 2.75) is 12.8 Å². The van der Waals surface area contributed by atoms with Gasteiger partial charge in [0.1, 0.15) is 5.82 Å². The van der Waals surface area contributed by atoms with Crippen molar-refractivity contribution < 1.29 is 0 Å². The Morgan fingerprint density at radius 3 is 2.53 bits per heavy atom. The fraction of sp³-hybridized carbons (Fsp3) is 0.231. The van der Waals surface area contributed by atoms with Crippen molar-refractivity contribution in [2.75, 3.05) is 6.54 Å². The number of halogens is 1. The summed E-state index contributed by atoms with van der Waals surface area (Å²) >= 11 is 5.94. The minimum absolute atomic E-state index is 0.666. The lowest BCUT2D eigenvalue weighted by molar-refractivity contribution is 0.781. The summed E-state index contributed by atoms with van der Waals surface area (Å²) in [6.07, 6.45) is 5.39. The predicted molar refractivity (Wildman–Crippen MR) is 69.9 cm³/mol. The molecule has 0 amide bonds. The number of aryl methyl sites for hydroxylation is 1. The molecule has 0 radical (unpaired) electrons. The molecule has 3 nitrogen and oxygen atoms in total. The zero-order valence-corrected chi connectivity index (χ0v) is 10.2. The van der Waals surface area contributed by atoms with Gasteiger partial charge in [0.05, 0.1) is 0 Å². The molecule has 0 aliphatic carbocycles. The normalized spacial score (nSPS) is 10.5. The highest BCUT2D eigenvalue weighted by molar-refractivity contribution is 6.30.